The lowest BCUT2D eigenvalue weighted by Crippen LogP contribution is -2.20. The van der Waals surface area contributed by atoms with E-state index in [0.29, 0.717) is 28.0 Å². The van der Waals surface area contributed by atoms with Crippen molar-refractivity contribution in [1.29, 1.82) is 0 Å². The quantitative estimate of drug-likeness (QED) is 0.938. The van der Waals surface area contributed by atoms with E-state index in [1.165, 1.54) is 0 Å². The van der Waals surface area contributed by atoms with Crippen LogP contribution >= 0.6 is 11.6 Å². The van der Waals surface area contributed by atoms with Crippen LogP contribution < -0.4 is 19.5 Å². The first-order valence-corrected chi connectivity index (χ1v) is 7.08. The van der Waals surface area contributed by atoms with E-state index >= 15 is 0 Å². The molecule has 6 heteroatoms. The Balaban J connectivity index is 1.57. The highest BCUT2D eigenvalue weighted by Gasteiger charge is 2.14. The number of hydrogen-bond acceptors (Lipinski definition) is 4. The molecule has 114 valence electrons. The first kappa shape index (κ1) is 14.5. The number of aryl methyl sites for hydroxylation is 1. The number of carbonyl (C=O) groups is 1. The molecule has 0 fully saturated rings. The van der Waals surface area contributed by atoms with Crippen molar-refractivity contribution in [2.75, 3.05) is 18.7 Å². The van der Waals surface area contributed by atoms with Crippen LogP contribution in [-0.4, -0.2) is 19.3 Å². The largest absolute Gasteiger partial charge is 0.484 e. The topological polar surface area (TPSA) is 56.8 Å². The third kappa shape index (κ3) is 3.26. The van der Waals surface area contributed by atoms with Crippen molar-refractivity contribution in [3.8, 4) is 17.2 Å². The molecular formula is C16H14ClNO4. The van der Waals surface area contributed by atoms with Crippen molar-refractivity contribution in [1.82, 2.24) is 0 Å². The number of nitrogens with one attached hydrogen (secondary N) is 1. The Kier molecular flexibility index (Phi) is 4.06. The molecule has 1 heterocycles. The third-order valence-corrected chi connectivity index (χ3v) is 3.58. The Bertz CT molecular complexity index is 717. The van der Waals surface area contributed by atoms with Gasteiger partial charge in [-0.3, -0.25) is 4.79 Å². The molecule has 0 bridgehead atoms. The SMILES string of the molecule is Cc1ccc(NC(=O)COc2ccc3c(c2)OCO3)cc1Cl. The zero-order valence-corrected chi connectivity index (χ0v) is 12.6. The summed E-state index contributed by atoms with van der Waals surface area (Å²) in [6.07, 6.45) is 0. The fourth-order valence-corrected chi connectivity index (χ4v) is 2.16. The van der Waals surface area contributed by atoms with Crippen LogP contribution in [0.25, 0.3) is 0 Å². The van der Waals surface area contributed by atoms with Gasteiger partial charge in [-0.05, 0) is 36.8 Å². The lowest BCUT2D eigenvalue weighted by molar-refractivity contribution is -0.118. The molecule has 0 spiro atoms. The van der Waals surface area contributed by atoms with Crippen molar-refractivity contribution >= 4 is 23.2 Å². The molecule has 1 amide bonds. The van der Waals surface area contributed by atoms with E-state index in [9.17, 15) is 4.79 Å². The molecule has 5 nitrogen and oxygen atoms in total. The van der Waals surface area contributed by atoms with E-state index in [4.69, 9.17) is 25.8 Å². The van der Waals surface area contributed by atoms with Crippen LogP contribution in [-0.2, 0) is 4.79 Å². The van der Waals surface area contributed by atoms with Crippen LogP contribution in [0.5, 0.6) is 17.2 Å². The summed E-state index contributed by atoms with van der Waals surface area (Å²) >= 11 is 6.02. The number of halogens is 1. The fourth-order valence-electron chi connectivity index (χ4n) is 1.98. The molecule has 22 heavy (non-hydrogen) atoms. The summed E-state index contributed by atoms with van der Waals surface area (Å²) in [4.78, 5) is 11.9. The summed E-state index contributed by atoms with van der Waals surface area (Å²) in [6, 6.07) is 10.5. The molecule has 1 N–H and O–H groups in total. The lowest BCUT2D eigenvalue weighted by atomic mass is 10.2. The number of fused-ring (bicyclic) bond motifs is 1. The van der Waals surface area contributed by atoms with E-state index < -0.39 is 0 Å². The summed E-state index contributed by atoms with van der Waals surface area (Å²) in [5.74, 6) is 1.56. The van der Waals surface area contributed by atoms with Gasteiger partial charge in [0.25, 0.3) is 5.91 Å². The molecule has 0 saturated carbocycles. The van der Waals surface area contributed by atoms with E-state index in [0.717, 1.165) is 5.56 Å². The maximum Gasteiger partial charge on any atom is 0.262 e. The smallest absolute Gasteiger partial charge is 0.262 e. The van der Waals surface area contributed by atoms with Gasteiger partial charge in [-0.2, -0.15) is 0 Å². The summed E-state index contributed by atoms with van der Waals surface area (Å²) < 4.78 is 15.9. The standard InChI is InChI=1S/C16H14ClNO4/c1-10-2-3-11(6-13(10)17)18-16(19)8-20-12-4-5-14-15(7-12)22-9-21-14/h2-7H,8-9H2,1H3,(H,18,19). The van der Waals surface area contributed by atoms with Gasteiger partial charge in [0.15, 0.2) is 18.1 Å². The van der Waals surface area contributed by atoms with Crippen LogP contribution in [0.15, 0.2) is 36.4 Å². The van der Waals surface area contributed by atoms with Crippen LogP contribution in [0.4, 0.5) is 5.69 Å². The maximum absolute atomic E-state index is 11.9. The van der Waals surface area contributed by atoms with Gasteiger partial charge in [-0.15, -0.1) is 0 Å². The minimum atomic E-state index is -0.266. The second-order valence-electron chi connectivity index (χ2n) is 4.82. The van der Waals surface area contributed by atoms with Gasteiger partial charge in [0.05, 0.1) is 0 Å². The molecule has 0 unspecified atom stereocenters. The highest BCUT2D eigenvalue weighted by Crippen LogP contribution is 2.35. The Morgan fingerprint density at radius 3 is 2.86 bits per heavy atom. The predicted molar refractivity (Wildman–Crippen MR) is 82.9 cm³/mol. The summed E-state index contributed by atoms with van der Waals surface area (Å²) in [7, 11) is 0. The molecule has 3 rings (SSSR count). The van der Waals surface area contributed by atoms with Crippen molar-refractivity contribution in [2.45, 2.75) is 6.92 Å². The van der Waals surface area contributed by atoms with Gasteiger partial charge < -0.3 is 19.5 Å². The van der Waals surface area contributed by atoms with Crippen molar-refractivity contribution < 1.29 is 19.0 Å². The number of benzene rings is 2. The summed E-state index contributed by atoms with van der Waals surface area (Å²) in [6.45, 7) is 2.00. The van der Waals surface area contributed by atoms with Crippen LogP contribution in [0.1, 0.15) is 5.56 Å². The molecule has 0 aromatic heterocycles. The highest BCUT2D eigenvalue weighted by atomic mass is 35.5. The van der Waals surface area contributed by atoms with Gasteiger partial charge in [0.2, 0.25) is 6.79 Å². The minimum absolute atomic E-state index is 0.106. The van der Waals surface area contributed by atoms with E-state index in [1.54, 1.807) is 30.3 Å². The normalized spacial score (nSPS) is 12.1. The number of amides is 1. The van der Waals surface area contributed by atoms with Crippen LogP contribution in [0.3, 0.4) is 0 Å². The number of hydrogen-bond donors (Lipinski definition) is 1. The minimum Gasteiger partial charge on any atom is -0.484 e. The Morgan fingerprint density at radius 2 is 2.05 bits per heavy atom. The van der Waals surface area contributed by atoms with Crippen molar-refractivity contribution in [3.63, 3.8) is 0 Å². The molecule has 1 aliphatic heterocycles. The molecule has 2 aromatic carbocycles. The van der Waals surface area contributed by atoms with Crippen molar-refractivity contribution in [2.24, 2.45) is 0 Å². The monoisotopic (exact) mass is 319 g/mol. The average Bonchev–Trinajstić information content (AvgIpc) is 2.96. The zero-order valence-electron chi connectivity index (χ0n) is 11.9. The van der Waals surface area contributed by atoms with E-state index in [-0.39, 0.29) is 19.3 Å². The van der Waals surface area contributed by atoms with Crippen molar-refractivity contribution in [3.05, 3.63) is 47.0 Å². The Hall–Kier alpha value is -2.40. The average molecular weight is 320 g/mol. The van der Waals surface area contributed by atoms with Crippen LogP contribution in [0.2, 0.25) is 5.02 Å². The van der Waals surface area contributed by atoms with Gasteiger partial charge in [-0.25, -0.2) is 0 Å². The first-order chi connectivity index (χ1) is 10.6. The first-order valence-electron chi connectivity index (χ1n) is 6.70. The molecule has 0 saturated heterocycles. The third-order valence-electron chi connectivity index (χ3n) is 3.17. The molecule has 0 radical (unpaired) electrons. The van der Waals surface area contributed by atoms with Crippen LogP contribution in [0, 0.1) is 6.92 Å². The fraction of sp³-hybridized carbons (Fsp3) is 0.188. The summed E-state index contributed by atoms with van der Waals surface area (Å²) in [5, 5.41) is 3.33. The highest BCUT2D eigenvalue weighted by molar-refractivity contribution is 6.31. The second-order valence-corrected chi connectivity index (χ2v) is 5.22. The lowest BCUT2D eigenvalue weighted by Gasteiger charge is -2.09. The Morgan fingerprint density at radius 1 is 1.23 bits per heavy atom. The zero-order chi connectivity index (χ0) is 15.5. The second kappa shape index (κ2) is 6.15. The van der Waals surface area contributed by atoms with E-state index in [1.807, 2.05) is 13.0 Å². The molecule has 2 aromatic rings. The van der Waals surface area contributed by atoms with Gasteiger partial charge in [0, 0.05) is 16.8 Å². The van der Waals surface area contributed by atoms with Gasteiger partial charge >= 0.3 is 0 Å². The molecule has 1 aliphatic rings. The number of ether oxygens (including phenoxy) is 3. The number of anilines is 1. The maximum atomic E-state index is 11.9. The number of carbonyl (C=O) groups excluding carboxylic acids is 1. The van der Waals surface area contributed by atoms with Gasteiger partial charge in [0.1, 0.15) is 5.75 Å². The molecular weight excluding hydrogens is 306 g/mol. The Labute approximate surface area is 132 Å². The molecule has 0 atom stereocenters. The molecule has 0 aliphatic carbocycles. The number of rotatable bonds is 4. The van der Waals surface area contributed by atoms with Gasteiger partial charge in [-0.1, -0.05) is 17.7 Å². The van der Waals surface area contributed by atoms with E-state index in [2.05, 4.69) is 5.32 Å². The predicted octanol–water partition coefficient (Wildman–Crippen LogP) is 3.39. The summed E-state index contributed by atoms with van der Waals surface area (Å²) in [5.41, 5.74) is 1.59.